The standard InChI is InChI=1S/C14H18BrNO/c1-5-8-16(14(2,3)4)13-7-6-12(15)9-11(13)10-17/h5-7,9-10H,1,8H2,2-4H3. The van der Waals surface area contributed by atoms with Crippen LogP contribution < -0.4 is 4.90 Å². The number of rotatable bonds is 4. The van der Waals surface area contributed by atoms with E-state index in [2.05, 4.69) is 48.2 Å². The summed E-state index contributed by atoms with van der Waals surface area (Å²) >= 11 is 3.38. The van der Waals surface area contributed by atoms with Crippen molar-refractivity contribution in [3.05, 3.63) is 40.9 Å². The third-order valence-corrected chi connectivity index (χ3v) is 3.02. The fraction of sp³-hybridized carbons (Fsp3) is 0.357. The van der Waals surface area contributed by atoms with Crippen LogP contribution in [0.25, 0.3) is 0 Å². The lowest BCUT2D eigenvalue weighted by atomic mass is 10.0. The second-order valence-corrected chi connectivity index (χ2v) is 5.81. The number of carbonyl (C=O) groups is 1. The van der Waals surface area contributed by atoms with Crippen LogP contribution in [0.3, 0.4) is 0 Å². The number of carbonyl (C=O) groups excluding carboxylic acids is 1. The van der Waals surface area contributed by atoms with Crippen molar-refractivity contribution in [2.24, 2.45) is 0 Å². The molecular weight excluding hydrogens is 278 g/mol. The smallest absolute Gasteiger partial charge is 0.152 e. The highest BCUT2D eigenvalue weighted by Crippen LogP contribution is 2.28. The van der Waals surface area contributed by atoms with Gasteiger partial charge in [0.25, 0.3) is 0 Å². The monoisotopic (exact) mass is 295 g/mol. The Morgan fingerprint density at radius 1 is 1.41 bits per heavy atom. The normalized spacial score (nSPS) is 11.1. The van der Waals surface area contributed by atoms with Crippen LogP contribution in [0.15, 0.2) is 35.3 Å². The summed E-state index contributed by atoms with van der Waals surface area (Å²) in [7, 11) is 0. The zero-order chi connectivity index (χ0) is 13.1. The molecule has 0 fully saturated rings. The van der Waals surface area contributed by atoms with Gasteiger partial charge >= 0.3 is 0 Å². The molecule has 0 spiro atoms. The van der Waals surface area contributed by atoms with E-state index >= 15 is 0 Å². The van der Waals surface area contributed by atoms with E-state index in [1.807, 2.05) is 24.3 Å². The molecule has 0 aromatic heterocycles. The SMILES string of the molecule is C=CCN(c1ccc(Br)cc1C=O)C(C)(C)C. The molecule has 17 heavy (non-hydrogen) atoms. The van der Waals surface area contributed by atoms with Crippen molar-refractivity contribution < 1.29 is 4.79 Å². The van der Waals surface area contributed by atoms with E-state index in [4.69, 9.17) is 0 Å². The molecule has 3 heteroatoms. The van der Waals surface area contributed by atoms with Gasteiger partial charge in [0.05, 0.1) is 0 Å². The molecule has 0 N–H and O–H groups in total. The molecule has 1 rings (SSSR count). The minimum Gasteiger partial charge on any atom is -0.362 e. The first-order chi connectivity index (χ1) is 7.90. The third kappa shape index (κ3) is 3.43. The van der Waals surface area contributed by atoms with Crippen molar-refractivity contribution >= 4 is 27.9 Å². The van der Waals surface area contributed by atoms with Gasteiger partial charge in [-0.15, -0.1) is 6.58 Å². The number of nitrogens with zero attached hydrogens (tertiary/aromatic N) is 1. The molecule has 0 saturated heterocycles. The molecule has 0 heterocycles. The van der Waals surface area contributed by atoms with Gasteiger partial charge in [-0.2, -0.15) is 0 Å². The van der Waals surface area contributed by atoms with E-state index in [0.29, 0.717) is 12.1 Å². The first kappa shape index (κ1) is 14.0. The van der Waals surface area contributed by atoms with Crippen LogP contribution in [0.5, 0.6) is 0 Å². The molecule has 0 aliphatic carbocycles. The second-order valence-electron chi connectivity index (χ2n) is 4.89. The zero-order valence-electron chi connectivity index (χ0n) is 10.5. The maximum Gasteiger partial charge on any atom is 0.152 e. The average Bonchev–Trinajstić information content (AvgIpc) is 2.25. The second kappa shape index (κ2) is 5.50. The van der Waals surface area contributed by atoms with Crippen LogP contribution >= 0.6 is 15.9 Å². The van der Waals surface area contributed by atoms with E-state index in [0.717, 1.165) is 16.4 Å². The summed E-state index contributed by atoms with van der Waals surface area (Å²) in [6.45, 7) is 10.8. The molecule has 1 aromatic carbocycles. The minimum absolute atomic E-state index is 0.0558. The zero-order valence-corrected chi connectivity index (χ0v) is 12.1. The maximum absolute atomic E-state index is 11.1. The van der Waals surface area contributed by atoms with Crippen LogP contribution in [0.4, 0.5) is 5.69 Å². The van der Waals surface area contributed by atoms with Crippen LogP contribution in [-0.2, 0) is 0 Å². The molecule has 0 amide bonds. The van der Waals surface area contributed by atoms with Gasteiger partial charge in [-0.25, -0.2) is 0 Å². The Labute approximate surface area is 111 Å². The van der Waals surface area contributed by atoms with Gasteiger partial charge in [-0.3, -0.25) is 4.79 Å². The predicted molar refractivity (Wildman–Crippen MR) is 76.8 cm³/mol. The number of hydrogen-bond acceptors (Lipinski definition) is 2. The van der Waals surface area contributed by atoms with Crippen LogP contribution in [-0.4, -0.2) is 18.4 Å². The molecule has 0 aliphatic rings. The highest BCUT2D eigenvalue weighted by Gasteiger charge is 2.22. The number of aldehydes is 1. The first-order valence-corrected chi connectivity index (χ1v) is 6.32. The van der Waals surface area contributed by atoms with Gasteiger partial charge < -0.3 is 4.90 Å². The predicted octanol–water partition coefficient (Wildman–Crippen LogP) is 4.05. The molecule has 92 valence electrons. The van der Waals surface area contributed by atoms with Gasteiger partial charge in [0.1, 0.15) is 0 Å². The van der Waals surface area contributed by atoms with Crippen molar-refractivity contribution in [3.8, 4) is 0 Å². The summed E-state index contributed by atoms with van der Waals surface area (Å²) in [4.78, 5) is 13.3. The van der Waals surface area contributed by atoms with Crippen molar-refractivity contribution in [2.75, 3.05) is 11.4 Å². The molecule has 0 unspecified atom stereocenters. The lowest BCUT2D eigenvalue weighted by Crippen LogP contribution is -2.42. The molecule has 0 aliphatic heterocycles. The van der Waals surface area contributed by atoms with Gasteiger partial charge in [0.15, 0.2) is 6.29 Å². The Balaban J connectivity index is 3.27. The Morgan fingerprint density at radius 3 is 2.53 bits per heavy atom. The van der Waals surface area contributed by atoms with E-state index in [1.54, 1.807) is 0 Å². The highest BCUT2D eigenvalue weighted by molar-refractivity contribution is 9.10. The Morgan fingerprint density at radius 2 is 2.06 bits per heavy atom. The van der Waals surface area contributed by atoms with Crippen molar-refractivity contribution in [3.63, 3.8) is 0 Å². The number of hydrogen-bond donors (Lipinski definition) is 0. The largest absolute Gasteiger partial charge is 0.362 e. The summed E-state index contributed by atoms with van der Waals surface area (Å²) in [5.41, 5.74) is 1.58. The van der Waals surface area contributed by atoms with Gasteiger partial charge in [0.2, 0.25) is 0 Å². The van der Waals surface area contributed by atoms with Crippen LogP contribution in [0.2, 0.25) is 0 Å². The Hall–Kier alpha value is -1.09. The maximum atomic E-state index is 11.1. The minimum atomic E-state index is -0.0558. The Kier molecular flexibility index (Phi) is 4.52. The van der Waals surface area contributed by atoms with Crippen LogP contribution in [0, 0.1) is 0 Å². The number of anilines is 1. The molecule has 2 nitrogen and oxygen atoms in total. The lowest BCUT2D eigenvalue weighted by Gasteiger charge is -2.37. The summed E-state index contributed by atoms with van der Waals surface area (Å²) in [5, 5.41) is 0. The van der Waals surface area contributed by atoms with Gasteiger partial charge in [-0.1, -0.05) is 22.0 Å². The fourth-order valence-corrected chi connectivity index (χ4v) is 2.11. The van der Waals surface area contributed by atoms with E-state index < -0.39 is 0 Å². The molecule has 0 atom stereocenters. The summed E-state index contributed by atoms with van der Waals surface area (Å²) in [6, 6.07) is 5.75. The van der Waals surface area contributed by atoms with E-state index in [-0.39, 0.29) is 5.54 Å². The van der Waals surface area contributed by atoms with E-state index in [9.17, 15) is 4.79 Å². The summed E-state index contributed by atoms with van der Waals surface area (Å²) in [6.07, 6.45) is 2.74. The third-order valence-electron chi connectivity index (χ3n) is 2.53. The molecular formula is C14H18BrNO. The highest BCUT2D eigenvalue weighted by atomic mass is 79.9. The molecule has 0 radical (unpaired) electrons. The molecule has 1 aromatic rings. The van der Waals surface area contributed by atoms with Crippen molar-refractivity contribution in [1.29, 1.82) is 0 Å². The number of benzene rings is 1. The molecule has 0 saturated carbocycles. The summed E-state index contributed by atoms with van der Waals surface area (Å²) < 4.78 is 0.913. The Bertz CT molecular complexity index is 421. The summed E-state index contributed by atoms with van der Waals surface area (Å²) in [5.74, 6) is 0. The van der Waals surface area contributed by atoms with Gasteiger partial charge in [0, 0.05) is 27.8 Å². The van der Waals surface area contributed by atoms with Crippen molar-refractivity contribution in [1.82, 2.24) is 0 Å². The van der Waals surface area contributed by atoms with Crippen LogP contribution in [0.1, 0.15) is 31.1 Å². The quantitative estimate of drug-likeness (QED) is 0.617. The van der Waals surface area contributed by atoms with Crippen molar-refractivity contribution in [2.45, 2.75) is 26.3 Å². The average molecular weight is 296 g/mol. The number of halogens is 1. The topological polar surface area (TPSA) is 20.3 Å². The first-order valence-electron chi connectivity index (χ1n) is 5.53. The lowest BCUT2D eigenvalue weighted by molar-refractivity contribution is 0.112. The van der Waals surface area contributed by atoms with E-state index in [1.165, 1.54) is 0 Å². The fourth-order valence-electron chi connectivity index (χ4n) is 1.73. The molecule has 0 bridgehead atoms. The van der Waals surface area contributed by atoms with Gasteiger partial charge in [-0.05, 0) is 39.0 Å².